The van der Waals surface area contributed by atoms with Gasteiger partial charge in [0.1, 0.15) is 0 Å². The molecule has 0 aliphatic heterocycles. The molecule has 13 rings (SSSR count). The number of hydrogen-bond acceptors (Lipinski definition) is 1. The summed E-state index contributed by atoms with van der Waals surface area (Å²) in [5.74, 6) is 0. The molecule has 0 radical (unpaired) electrons. The summed E-state index contributed by atoms with van der Waals surface area (Å²) in [6.45, 7) is 0. The lowest BCUT2D eigenvalue weighted by molar-refractivity contribution is 1.18. The van der Waals surface area contributed by atoms with E-state index in [2.05, 4.69) is 229 Å². The van der Waals surface area contributed by atoms with Crippen molar-refractivity contribution in [1.29, 1.82) is 0 Å². The molecule has 2 aromatic heterocycles. The highest BCUT2D eigenvalue weighted by atomic mass is 32.1. The first-order valence-electron chi connectivity index (χ1n) is 21.3. The Kier molecular flexibility index (Phi) is 7.85. The predicted octanol–water partition coefficient (Wildman–Crippen LogP) is 17.3. The first-order chi connectivity index (χ1) is 30.7. The number of para-hydroxylation sites is 1. The van der Waals surface area contributed by atoms with Gasteiger partial charge in [-0.15, -0.1) is 11.3 Å². The predicted molar refractivity (Wildman–Crippen MR) is 268 cm³/mol. The van der Waals surface area contributed by atoms with Gasteiger partial charge in [-0.3, -0.25) is 0 Å². The Morgan fingerprint density at radius 3 is 1.50 bits per heavy atom. The van der Waals surface area contributed by atoms with Crippen LogP contribution in [0, 0.1) is 0 Å². The van der Waals surface area contributed by atoms with Crippen molar-refractivity contribution in [1.82, 2.24) is 4.57 Å². The zero-order valence-corrected chi connectivity index (χ0v) is 34.5. The van der Waals surface area contributed by atoms with Crippen LogP contribution in [0.2, 0.25) is 0 Å². The minimum atomic E-state index is 1.15. The minimum absolute atomic E-state index is 1.15. The smallest absolute Gasteiger partial charge is 0.0547 e. The fourth-order valence-electron chi connectivity index (χ4n) is 10.0. The molecule has 0 saturated heterocycles. The molecule has 62 heavy (non-hydrogen) atoms. The molecule has 0 fully saturated rings. The van der Waals surface area contributed by atoms with Crippen molar-refractivity contribution in [3.8, 4) is 50.2 Å². The van der Waals surface area contributed by atoms with Gasteiger partial charge in [-0.2, -0.15) is 0 Å². The number of fused-ring (bicyclic) bond motifs is 12. The van der Waals surface area contributed by atoms with E-state index >= 15 is 0 Å². The van der Waals surface area contributed by atoms with Crippen molar-refractivity contribution in [3.05, 3.63) is 224 Å². The lowest BCUT2D eigenvalue weighted by Crippen LogP contribution is -1.95. The topological polar surface area (TPSA) is 4.93 Å². The molecule has 0 amide bonds. The molecule has 1 nitrogen and oxygen atoms in total. The third-order valence-corrected chi connectivity index (χ3v) is 14.2. The molecule has 288 valence electrons. The second-order valence-corrected chi connectivity index (χ2v) is 17.5. The Bertz CT molecular complexity index is 3870. The number of nitrogens with zero attached hydrogens (tertiary/aromatic N) is 1. The molecule has 2 heterocycles. The van der Waals surface area contributed by atoms with Crippen molar-refractivity contribution < 1.29 is 0 Å². The first kappa shape index (κ1) is 35.0. The van der Waals surface area contributed by atoms with Gasteiger partial charge < -0.3 is 4.57 Å². The highest BCUT2D eigenvalue weighted by Gasteiger charge is 2.19. The van der Waals surface area contributed by atoms with Crippen LogP contribution < -0.4 is 0 Å². The molecule has 2 heteroatoms. The number of rotatable bonds is 5. The summed E-state index contributed by atoms with van der Waals surface area (Å²) in [6, 6.07) is 83.0. The summed E-state index contributed by atoms with van der Waals surface area (Å²) in [6.07, 6.45) is 0. The van der Waals surface area contributed by atoms with E-state index in [9.17, 15) is 0 Å². The summed E-state index contributed by atoms with van der Waals surface area (Å²) in [4.78, 5) is 0. The standard InChI is InChI=1S/C60H37NS/c1-3-14-38(15-4-1)41-28-31-59-55(34-41)56-36-44(39-16-5-2-6-17-39)35-53(60(56)62-59)43-27-30-52-51-24-11-12-25-57(51)61(58(52)37-43)45-19-13-18-40(32-45)42-26-29-50-48-22-8-7-20-46(48)47-21-9-10-23-49(47)54(50)33-42/h1-37H. The van der Waals surface area contributed by atoms with Crippen LogP contribution in [0.15, 0.2) is 224 Å². The van der Waals surface area contributed by atoms with E-state index in [4.69, 9.17) is 0 Å². The minimum Gasteiger partial charge on any atom is -0.309 e. The van der Waals surface area contributed by atoms with Crippen LogP contribution in [0.1, 0.15) is 0 Å². The van der Waals surface area contributed by atoms with Gasteiger partial charge in [-0.25, -0.2) is 0 Å². The molecule has 0 bridgehead atoms. The van der Waals surface area contributed by atoms with E-state index in [0.717, 1.165) is 5.69 Å². The molecule has 0 saturated carbocycles. The van der Waals surface area contributed by atoms with Crippen LogP contribution in [0.3, 0.4) is 0 Å². The molecule has 0 aliphatic rings. The molecule has 0 unspecified atom stereocenters. The van der Waals surface area contributed by atoms with Crippen molar-refractivity contribution in [2.75, 3.05) is 0 Å². The lowest BCUT2D eigenvalue weighted by Gasteiger charge is -2.14. The molecule has 0 atom stereocenters. The molecular formula is C60H37NS. The van der Waals surface area contributed by atoms with Gasteiger partial charge in [0.05, 0.1) is 11.0 Å². The van der Waals surface area contributed by atoms with Gasteiger partial charge >= 0.3 is 0 Å². The molecule has 0 spiro atoms. The monoisotopic (exact) mass is 803 g/mol. The molecule has 0 N–H and O–H groups in total. The summed E-state index contributed by atoms with van der Waals surface area (Å²) in [5.41, 5.74) is 13.3. The van der Waals surface area contributed by atoms with E-state index in [-0.39, 0.29) is 0 Å². The number of aromatic nitrogens is 1. The molecule has 13 aromatic rings. The van der Waals surface area contributed by atoms with Crippen LogP contribution >= 0.6 is 11.3 Å². The number of benzene rings is 11. The zero-order chi connectivity index (χ0) is 40.7. The van der Waals surface area contributed by atoms with Crippen molar-refractivity contribution >= 4 is 85.6 Å². The highest BCUT2D eigenvalue weighted by Crippen LogP contribution is 2.46. The maximum atomic E-state index is 2.47. The second kappa shape index (κ2) is 13.9. The van der Waals surface area contributed by atoms with E-state index in [1.54, 1.807) is 0 Å². The molecule has 11 aromatic carbocycles. The van der Waals surface area contributed by atoms with Crippen LogP contribution in [0.4, 0.5) is 0 Å². The summed E-state index contributed by atoms with van der Waals surface area (Å²) >= 11 is 1.90. The van der Waals surface area contributed by atoms with Gasteiger partial charge in [0.2, 0.25) is 0 Å². The summed E-state index contributed by atoms with van der Waals surface area (Å²) in [7, 11) is 0. The van der Waals surface area contributed by atoms with E-state index in [0.29, 0.717) is 0 Å². The van der Waals surface area contributed by atoms with Gasteiger partial charge in [0.15, 0.2) is 0 Å². The molecular weight excluding hydrogens is 767 g/mol. The van der Waals surface area contributed by atoms with E-state index in [1.807, 2.05) is 11.3 Å². The van der Waals surface area contributed by atoms with Crippen LogP contribution in [0.25, 0.3) is 124 Å². The maximum absolute atomic E-state index is 2.47. The Hall–Kier alpha value is -7.78. The largest absolute Gasteiger partial charge is 0.309 e. The first-order valence-corrected chi connectivity index (χ1v) is 22.1. The van der Waals surface area contributed by atoms with Crippen LogP contribution in [0.5, 0.6) is 0 Å². The van der Waals surface area contributed by atoms with Crippen molar-refractivity contribution in [2.45, 2.75) is 0 Å². The van der Waals surface area contributed by atoms with Crippen molar-refractivity contribution in [2.24, 2.45) is 0 Å². The van der Waals surface area contributed by atoms with Gasteiger partial charge in [-0.05, 0) is 126 Å². The third kappa shape index (κ3) is 5.47. The van der Waals surface area contributed by atoms with E-state index < -0.39 is 0 Å². The van der Waals surface area contributed by atoms with Gasteiger partial charge in [0.25, 0.3) is 0 Å². The SMILES string of the molecule is c1ccc(-c2ccc3sc4c(-c5ccc6c7ccccc7n(-c7cccc(-c8ccc9c%10ccccc%10c%10ccccc%10c9c8)c7)c6c5)cc(-c5ccccc5)cc4c3c2)cc1. The van der Waals surface area contributed by atoms with Gasteiger partial charge in [0, 0.05) is 42.2 Å². The summed E-state index contributed by atoms with van der Waals surface area (Å²) < 4.78 is 5.08. The summed E-state index contributed by atoms with van der Waals surface area (Å²) in [5, 5.41) is 12.8. The normalized spacial score (nSPS) is 11.9. The Morgan fingerprint density at radius 1 is 0.258 bits per heavy atom. The Balaban J connectivity index is 1.01. The Morgan fingerprint density at radius 2 is 0.758 bits per heavy atom. The maximum Gasteiger partial charge on any atom is 0.0547 e. The lowest BCUT2D eigenvalue weighted by atomic mass is 9.92. The highest BCUT2D eigenvalue weighted by molar-refractivity contribution is 7.26. The van der Waals surface area contributed by atoms with Gasteiger partial charge in [-0.1, -0.05) is 170 Å². The fourth-order valence-corrected chi connectivity index (χ4v) is 11.2. The number of hydrogen-bond donors (Lipinski definition) is 0. The second-order valence-electron chi connectivity index (χ2n) is 16.4. The van der Waals surface area contributed by atoms with Crippen LogP contribution in [-0.4, -0.2) is 4.57 Å². The Labute approximate surface area is 363 Å². The average Bonchev–Trinajstić information content (AvgIpc) is 3.89. The average molecular weight is 804 g/mol. The fraction of sp³-hybridized carbons (Fsp3) is 0. The van der Waals surface area contributed by atoms with Crippen LogP contribution in [-0.2, 0) is 0 Å². The van der Waals surface area contributed by atoms with E-state index in [1.165, 1.54) is 119 Å². The molecule has 0 aliphatic carbocycles. The number of thiophene rings is 1. The quantitative estimate of drug-likeness (QED) is 0.153. The zero-order valence-electron chi connectivity index (χ0n) is 33.7. The van der Waals surface area contributed by atoms with Crippen molar-refractivity contribution in [3.63, 3.8) is 0 Å². The third-order valence-electron chi connectivity index (χ3n) is 13.0.